The number of amides is 1. The van der Waals surface area contributed by atoms with Gasteiger partial charge in [-0.25, -0.2) is 9.59 Å². The summed E-state index contributed by atoms with van der Waals surface area (Å²) >= 11 is 0. The van der Waals surface area contributed by atoms with Crippen molar-refractivity contribution in [1.82, 2.24) is 9.55 Å². The summed E-state index contributed by atoms with van der Waals surface area (Å²) in [6, 6.07) is 5.97. The van der Waals surface area contributed by atoms with Crippen molar-refractivity contribution in [1.29, 1.82) is 0 Å². The third-order valence-corrected chi connectivity index (χ3v) is 6.21. The van der Waals surface area contributed by atoms with Crippen molar-refractivity contribution in [3.05, 3.63) is 46.7 Å². The van der Waals surface area contributed by atoms with E-state index in [1.54, 1.807) is 18.2 Å². The van der Waals surface area contributed by atoms with E-state index in [-0.39, 0.29) is 18.2 Å². The van der Waals surface area contributed by atoms with Gasteiger partial charge in [0.25, 0.3) is 0 Å². The minimum atomic E-state index is -4.03. The van der Waals surface area contributed by atoms with Crippen LogP contribution in [0, 0.1) is 0 Å². The largest absolute Gasteiger partial charge is 0.497 e. The molecule has 212 valence electrons. The van der Waals surface area contributed by atoms with Crippen LogP contribution in [-0.4, -0.2) is 71.3 Å². The molecule has 1 aliphatic rings. The summed E-state index contributed by atoms with van der Waals surface area (Å²) in [6.45, 7) is -0.290. The Morgan fingerprint density at radius 2 is 2.03 bits per heavy atom. The van der Waals surface area contributed by atoms with E-state index in [0.29, 0.717) is 27.0 Å². The standard InChI is InChI=1S/C22H24F2N3O11P/c1-33-12-6-11-7-13(37-17(11)14(8-12)34-2)9-35-21(30)26-16-4-5-27(20(29)25-16)19-22(23,24)18(28)15(38-19)10-36-39(3,31)32/h4-8,15,18-19,28H,9-10H2,1-3H3,(H,31,32)(H,25,26,29,30)/t15-,18-,19-/m1/s1. The minimum Gasteiger partial charge on any atom is -0.497 e. The van der Waals surface area contributed by atoms with Gasteiger partial charge >= 0.3 is 25.3 Å². The van der Waals surface area contributed by atoms with E-state index in [9.17, 15) is 32.9 Å². The number of benzene rings is 1. The number of aliphatic hydroxyl groups is 1. The number of hydrogen-bond acceptors (Lipinski definition) is 11. The average molecular weight is 575 g/mol. The molecule has 17 heteroatoms. The first kappa shape index (κ1) is 28.4. The van der Waals surface area contributed by atoms with E-state index < -0.39 is 50.3 Å². The zero-order valence-corrected chi connectivity index (χ0v) is 21.6. The number of rotatable bonds is 9. The highest BCUT2D eigenvalue weighted by molar-refractivity contribution is 7.51. The number of alkyl halides is 2. The lowest BCUT2D eigenvalue weighted by molar-refractivity contribution is -0.140. The van der Waals surface area contributed by atoms with E-state index in [4.69, 9.17) is 23.4 Å². The molecule has 0 spiro atoms. The van der Waals surface area contributed by atoms with Crippen LogP contribution in [0.4, 0.5) is 19.4 Å². The normalized spacial score (nSPS) is 21.9. The molecular weight excluding hydrogens is 551 g/mol. The van der Waals surface area contributed by atoms with Gasteiger partial charge in [-0.3, -0.25) is 14.4 Å². The van der Waals surface area contributed by atoms with Crippen molar-refractivity contribution in [3.63, 3.8) is 0 Å². The van der Waals surface area contributed by atoms with E-state index in [1.165, 1.54) is 14.2 Å². The fraction of sp³-hybridized carbons (Fsp3) is 0.409. The second-order valence-corrected chi connectivity index (χ2v) is 10.3. The summed E-state index contributed by atoms with van der Waals surface area (Å²) in [5, 5.41) is 12.7. The fourth-order valence-electron chi connectivity index (χ4n) is 3.74. The zero-order chi connectivity index (χ0) is 28.5. The Morgan fingerprint density at radius 1 is 1.28 bits per heavy atom. The molecule has 14 nitrogen and oxygen atoms in total. The molecular formula is C22H24F2N3O11P. The van der Waals surface area contributed by atoms with Gasteiger partial charge in [-0.15, -0.1) is 0 Å². The molecule has 1 aromatic carbocycles. The Kier molecular flexibility index (Phi) is 7.95. The van der Waals surface area contributed by atoms with Gasteiger partial charge in [0.15, 0.2) is 24.0 Å². The Labute approximate surface area is 218 Å². The van der Waals surface area contributed by atoms with E-state index >= 15 is 0 Å². The van der Waals surface area contributed by atoms with E-state index in [1.807, 2.05) is 0 Å². The predicted molar refractivity (Wildman–Crippen MR) is 128 cm³/mol. The maximum absolute atomic E-state index is 14.6. The number of carbonyl (C=O) groups is 1. The Morgan fingerprint density at radius 3 is 2.67 bits per heavy atom. The average Bonchev–Trinajstić information content (AvgIpc) is 3.38. The van der Waals surface area contributed by atoms with Crippen molar-refractivity contribution in [3.8, 4) is 11.5 Å². The number of ether oxygens (including phenoxy) is 4. The molecule has 2 aromatic heterocycles. The van der Waals surface area contributed by atoms with Gasteiger partial charge in [-0.2, -0.15) is 13.8 Å². The summed E-state index contributed by atoms with van der Waals surface area (Å²) < 4.78 is 71.7. The number of nitrogens with one attached hydrogen (secondary N) is 1. The van der Waals surface area contributed by atoms with Gasteiger partial charge in [0.05, 0.1) is 20.8 Å². The van der Waals surface area contributed by atoms with Crippen LogP contribution in [0.2, 0.25) is 0 Å². The SMILES string of the molecule is COc1cc(OC)c2oc(COC(=O)Nc3ccn([C@@H]4O[C@H](COP(C)(=O)O)[C@@H](O)C4(F)F)c(=O)n3)cc2c1. The number of anilines is 1. The number of methoxy groups -OCH3 is 2. The molecule has 1 fully saturated rings. The lowest BCUT2D eigenvalue weighted by Crippen LogP contribution is -2.42. The molecule has 4 atom stereocenters. The lowest BCUT2D eigenvalue weighted by atomic mass is 10.1. The molecule has 4 rings (SSSR count). The summed E-state index contributed by atoms with van der Waals surface area (Å²) in [6.07, 6.45) is -6.58. The number of furan rings is 1. The molecule has 1 aliphatic heterocycles. The highest BCUT2D eigenvalue weighted by Crippen LogP contribution is 2.44. The maximum atomic E-state index is 14.6. The number of fused-ring (bicyclic) bond motifs is 1. The number of carbonyl (C=O) groups excluding carboxylic acids is 1. The Bertz CT molecular complexity index is 1470. The molecule has 1 saturated heterocycles. The highest BCUT2D eigenvalue weighted by atomic mass is 31.2. The van der Waals surface area contributed by atoms with Gasteiger partial charge in [0.2, 0.25) is 6.23 Å². The van der Waals surface area contributed by atoms with Crippen molar-refractivity contribution >= 4 is 30.5 Å². The van der Waals surface area contributed by atoms with Gasteiger partial charge in [-0.1, -0.05) is 0 Å². The van der Waals surface area contributed by atoms with Gasteiger partial charge < -0.3 is 37.9 Å². The minimum absolute atomic E-state index is 0.272. The summed E-state index contributed by atoms with van der Waals surface area (Å²) in [5.74, 6) is -3.08. The smallest absolute Gasteiger partial charge is 0.413 e. The number of aliphatic hydroxyl groups excluding tert-OH is 1. The molecule has 1 amide bonds. The molecule has 3 aromatic rings. The number of halogens is 2. The number of aromatic nitrogens is 2. The first-order valence-corrected chi connectivity index (χ1v) is 13.2. The lowest BCUT2D eigenvalue weighted by Gasteiger charge is -2.21. The van der Waals surface area contributed by atoms with Crippen molar-refractivity contribution in [2.75, 3.05) is 32.8 Å². The maximum Gasteiger partial charge on any atom is 0.413 e. The summed E-state index contributed by atoms with van der Waals surface area (Å²) in [7, 11) is -1.09. The van der Waals surface area contributed by atoms with Crippen LogP contribution in [0.5, 0.6) is 11.5 Å². The zero-order valence-electron chi connectivity index (χ0n) is 20.7. The van der Waals surface area contributed by atoms with Crippen LogP contribution in [0.1, 0.15) is 12.0 Å². The quantitative estimate of drug-likeness (QED) is 0.318. The number of hydrogen-bond donors (Lipinski definition) is 3. The fourth-order valence-corrected chi connectivity index (χ4v) is 4.17. The van der Waals surface area contributed by atoms with Crippen LogP contribution in [0.25, 0.3) is 11.0 Å². The molecule has 0 radical (unpaired) electrons. The van der Waals surface area contributed by atoms with Gasteiger partial charge in [-0.05, 0) is 18.2 Å². The highest BCUT2D eigenvalue weighted by Gasteiger charge is 2.60. The predicted octanol–water partition coefficient (Wildman–Crippen LogP) is 2.48. The summed E-state index contributed by atoms with van der Waals surface area (Å²) in [5.41, 5.74) is -0.833. The monoisotopic (exact) mass is 575 g/mol. The Hall–Kier alpha value is -3.56. The second kappa shape index (κ2) is 10.9. The van der Waals surface area contributed by atoms with Crippen LogP contribution in [0.15, 0.2) is 39.7 Å². The number of nitrogens with zero attached hydrogens (tertiary/aromatic N) is 2. The van der Waals surface area contributed by atoms with E-state index in [0.717, 1.165) is 18.9 Å². The van der Waals surface area contributed by atoms with Crippen LogP contribution in [-0.2, 0) is 25.2 Å². The first-order valence-electron chi connectivity index (χ1n) is 11.2. The molecule has 0 saturated carbocycles. The van der Waals surface area contributed by atoms with E-state index in [2.05, 4.69) is 14.8 Å². The Balaban J connectivity index is 1.40. The molecule has 39 heavy (non-hydrogen) atoms. The molecule has 1 unspecified atom stereocenters. The third kappa shape index (κ3) is 6.20. The van der Waals surface area contributed by atoms with Gasteiger partial charge in [0, 0.05) is 24.3 Å². The second-order valence-electron chi connectivity index (χ2n) is 8.41. The molecule has 0 aliphatic carbocycles. The topological polar surface area (TPSA) is 181 Å². The van der Waals surface area contributed by atoms with Crippen molar-refractivity contribution in [2.24, 2.45) is 0 Å². The van der Waals surface area contributed by atoms with Crippen molar-refractivity contribution in [2.45, 2.75) is 31.0 Å². The van der Waals surface area contributed by atoms with Crippen LogP contribution in [0.3, 0.4) is 0 Å². The van der Waals surface area contributed by atoms with Crippen molar-refractivity contribution < 1.29 is 56.0 Å². The van der Waals surface area contributed by atoms with Crippen LogP contribution < -0.4 is 20.5 Å². The molecule has 3 heterocycles. The van der Waals surface area contributed by atoms with Crippen LogP contribution >= 0.6 is 7.60 Å². The third-order valence-electron chi connectivity index (χ3n) is 5.58. The first-order chi connectivity index (χ1) is 18.3. The summed E-state index contributed by atoms with van der Waals surface area (Å²) in [4.78, 5) is 37.4. The molecule has 3 N–H and O–H groups in total. The van der Waals surface area contributed by atoms with Gasteiger partial charge in [0.1, 0.15) is 23.4 Å². The molecule has 0 bridgehead atoms.